The van der Waals surface area contributed by atoms with E-state index in [1.54, 1.807) is 0 Å². The number of nitrogens with zero attached hydrogens (tertiary/aromatic N) is 1. The molecule has 0 bridgehead atoms. The lowest BCUT2D eigenvalue weighted by Gasteiger charge is -2.40. The smallest absolute Gasteiger partial charge is 0.0702 e. The maximum absolute atomic E-state index is 6.26. The van der Waals surface area contributed by atoms with Crippen LogP contribution in [-0.4, -0.2) is 36.7 Å². The highest BCUT2D eigenvalue weighted by atomic mass is 16.5. The molecule has 3 heteroatoms. The van der Waals surface area contributed by atoms with Gasteiger partial charge in [0, 0.05) is 25.2 Å². The first-order valence-electron chi connectivity index (χ1n) is 7.88. The average molecular weight is 276 g/mol. The molecule has 1 aromatic rings. The zero-order valence-corrected chi connectivity index (χ0v) is 12.8. The summed E-state index contributed by atoms with van der Waals surface area (Å²) in [5.41, 5.74) is 7.58. The van der Waals surface area contributed by atoms with Crippen LogP contribution in [0.2, 0.25) is 0 Å². The molecule has 3 unspecified atom stereocenters. The minimum atomic E-state index is 0.127. The molecule has 20 heavy (non-hydrogen) atoms. The minimum Gasteiger partial charge on any atom is -0.377 e. The molecular formula is C17H28N2O. The van der Waals surface area contributed by atoms with Crippen LogP contribution in [0.4, 0.5) is 0 Å². The number of hydrogen-bond acceptors (Lipinski definition) is 3. The summed E-state index contributed by atoms with van der Waals surface area (Å²) in [5, 5.41) is 0. The summed E-state index contributed by atoms with van der Waals surface area (Å²) in [6.45, 7) is 7.25. The van der Waals surface area contributed by atoms with Gasteiger partial charge < -0.3 is 10.5 Å². The van der Waals surface area contributed by atoms with Gasteiger partial charge in [-0.05, 0) is 38.3 Å². The largest absolute Gasteiger partial charge is 0.377 e. The van der Waals surface area contributed by atoms with E-state index in [-0.39, 0.29) is 6.04 Å². The van der Waals surface area contributed by atoms with E-state index < -0.39 is 0 Å². The molecule has 0 saturated carbocycles. The molecule has 1 aromatic carbocycles. The fraction of sp³-hybridized carbons (Fsp3) is 0.647. The Morgan fingerprint density at radius 2 is 2.10 bits per heavy atom. The van der Waals surface area contributed by atoms with Gasteiger partial charge in [-0.3, -0.25) is 4.90 Å². The van der Waals surface area contributed by atoms with Gasteiger partial charge in [0.2, 0.25) is 0 Å². The lowest BCUT2D eigenvalue weighted by molar-refractivity contribution is -0.0155. The predicted octanol–water partition coefficient (Wildman–Crippen LogP) is 2.97. The third kappa shape index (κ3) is 4.05. The van der Waals surface area contributed by atoms with Crippen molar-refractivity contribution in [2.24, 2.45) is 5.73 Å². The summed E-state index contributed by atoms with van der Waals surface area (Å²) in [5.74, 6) is 0. The van der Waals surface area contributed by atoms with Crippen LogP contribution in [0.15, 0.2) is 30.3 Å². The molecule has 0 amide bonds. The van der Waals surface area contributed by atoms with E-state index in [0.717, 1.165) is 26.1 Å². The van der Waals surface area contributed by atoms with Crippen molar-refractivity contribution in [2.45, 2.75) is 51.3 Å². The van der Waals surface area contributed by atoms with E-state index in [1.807, 2.05) is 0 Å². The molecule has 112 valence electrons. The Kier molecular flexibility index (Phi) is 6.02. The van der Waals surface area contributed by atoms with Crippen molar-refractivity contribution in [3.05, 3.63) is 35.9 Å². The van der Waals surface area contributed by atoms with Gasteiger partial charge in [0.15, 0.2) is 0 Å². The van der Waals surface area contributed by atoms with Crippen molar-refractivity contribution in [3.63, 3.8) is 0 Å². The fourth-order valence-electron chi connectivity index (χ4n) is 3.14. The second-order valence-corrected chi connectivity index (χ2v) is 5.84. The fourth-order valence-corrected chi connectivity index (χ4v) is 3.14. The van der Waals surface area contributed by atoms with Crippen LogP contribution in [-0.2, 0) is 4.74 Å². The number of likely N-dealkylation sites (tertiary alicyclic amines) is 1. The monoisotopic (exact) mass is 276 g/mol. The maximum atomic E-state index is 6.26. The molecule has 0 aliphatic carbocycles. The second kappa shape index (κ2) is 7.77. The van der Waals surface area contributed by atoms with Crippen LogP contribution in [0.25, 0.3) is 0 Å². The highest BCUT2D eigenvalue weighted by Gasteiger charge is 2.29. The van der Waals surface area contributed by atoms with Crippen molar-refractivity contribution in [1.82, 2.24) is 4.90 Å². The first-order valence-corrected chi connectivity index (χ1v) is 7.88. The summed E-state index contributed by atoms with van der Waals surface area (Å²) >= 11 is 0. The highest BCUT2D eigenvalue weighted by Crippen LogP contribution is 2.27. The first-order chi connectivity index (χ1) is 9.72. The summed E-state index contributed by atoms with van der Waals surface area (Å²) in [4.78, 5) is 2.50. The zero-order valence-electron chi connectivity index (χ0n) is 12.8. The van der Waals surface area contributed by atoms with Crippen molar-refractivity contribution in [1.29, 1.82) is 0 Å². The Balaban J connectivity index is 2.05. The van der Waals surface area contributed by atoms with Crippen LogP contribution in [0.1, 0.15) is 44.7 Å². The normalized spacial score (nSPS) is 23.4. The molecular weight excluding hydrogens is 248 g/mol. The second-order valence-electron chi connectivity index (χ2n) is 5.84. The van der Waals surface area contributed by atoms with Gasteiger partial charge in [-0.25, -0.2) is 0 Å². The topological polar surface area (TPSA) is 38.5 Å². The average Bonchev–Trinajstić information content (AvgIpc) is 2.46. The van der Waals surface area contributed by atoms with Crippen LogP contribution < -0.4 is 5.73 Å². The molecule has 3 atom stereocenters. The molecule has 1 saturated heterocycles. The van der Waals surface area contributed by atoms with Gasteiger partial charge in [0.05, 0.1) is 6.10 Å². The molecule has 0 aromatic heterocycles. The van der Waals surface area contributed by atoms with Gasteiger partial charge in [0.1, 0.15) is 0 Å². The summed E-state index contributed by atoms with van der Waals surface area (Å²) in [6.07, 6.45) is 3.83. The third-order valence-electron chi connectivity index (χ3n) is 4.00. The zero-order chi connectivity index (χ0) is 14.4. The highest BCUT2D eigenvalue weighted by molar-refractivity contribution is 5.20. The molecule has 0 spiro atoms. The summed E-state index contributed by atoms with van der Waals surface area (Å²) in [6, 6.07) is 11.0. The Morgan fingerprint density at radius 3 is 2.75 bits per heavy atom. The number of benzene rings is 1. The van der Waals surface area contributed by atoms with Crippen molar-refractivity contribution in [2.75, 3.05) is 19.7 Å². The lowest BCUT2D eigenvalue weighted by atomic mass is 9.96. The van der Waals surface area contributed by atoms with E-state index in [2.05, 4.69) is 49.1 Å². The lowest BCUT2D eigenvalue weighted by Crippen LogP contribution is -2.47. The van der Waals surface area contributed by atoms with Gasteiger partial charge >= 0.3 is 0 Å². The Morgan fingerprint density at radius 1 is 1.35 bits per heavy atom. The van der Waals surface area contributed by atoms with Gasteiger partial charge in [-0.15, -0.1) is 0 Å². The third-order valence-corrected chi connectivity index (χ3v) is 4.00. The van der Waals surface area contributed by atoms with E-state index >= 15 is 0 Å². The van der Waals surface area contributed by atoms with Crippen LogP contribution in [0, 0.1) is 0 Å². The molecule has 1 aliphatic rings. The van der Waals surface area contributed by atoms with Crippen molar-refractivity contribution >= 4 is 0 Å². The van der Waals surface area contributed by atoms with Crippen LogP contribution in [0.5, 0.6) is 0 Å². The molecule has 1 heterocycles. The molecule has 2 rings (SSSR count). The summed E-state index contributed by atoms with van der Waals surface area (Å²) in [7, 11) is 0. The Bertz CT molecular complexity index is 380. The van der Waals surface area contributed by atoms with E-state index in [0.29, 0.717) is 12.1 Å². The maximum Gasteiger partial charge on any atom is 0.0702 e. The van der Waals surface area contributed by atoms with Gasteiger partial charge in [0.25, 0.3) is 0 Å². The van der Waals surface area contributed by atoms with Gasteiger partial charge in [-0.2, -0.15) is 0 Å². The molecule has 1 fully saturated rings. The number of nitrogens with two attached hydrogens (primary N) is 1. The summed E-state index contributed by atoms with van der Waals surface area (Å²) < 4.78 is 5.95. The van der Waals surface area contributed by atoms with Crippen molar-refractivity contribution < 1.29 is 4.74 Å². The molecule has 3 nitrogen and oxygen atoms in total. The number of ether oxygens (including phenoxy) is 1. The van der Waals surface area contributed by atoms with E-state index in [4.69, 9.17) is 10.5 Å². The number of piperidine rings is 1. The number of rotatable bonds is 6. The van der Waals surface area contributed by atoms with Crippen molar-refractivity contribution in [3.8, 4) is 0 Å². The van der Waals surface area contributed by atoms with Crippen LogP contribution in [0.3, 0.4) is 0 Å². The first kappa shape index (κ1) is 15.5. The quantitative estimate of drug-likeness (QED) is 0.868. The minimum absolute atomic E-state index is 0.127. The SMILES string of the molecule is CCCOC1CCCN(C(c2ccccc2)C(C)N)C1. The van der Waals surface area contributed by atoms with E-state index in [9.17, 15) is 0 Å². The Hall–Kier alpha value is -0.900. The van der Waals surface area contributed by atoms with E-state index in [1.165, 1.54) is 18.4 Å². The van der Waals surface area contributed by atoms with Crippen LogP contribution >= 0.6 is 0 Å². The standard InChI is InChI=1S/C17H28N2O/c1-3-12-20-16-10-7-11-19(13-16)17(14(2)18)15-8-5-4-6-9-15/h4-6,8-9,14,16-17H,3,7,10-13,18H2,1-2H3. The Labute approximate surface area is 123 Å². The molecule has 2 N–H and O–H groups in total. The molecule has 0 radical (unpaired) electrons. The predicted molar refractivity (Wildman–Crippen MR) is 83.7 cm³/mol. The van der Waals surface area contributed by atoms with Gasteiger partial charge in [-0.1, -0.05) is 37.3 Å². The molecule has 1 aliphatic heterocycles. The number of hydrogen-bond donors (Lipinski definition) is 1.